The Hall–Kier alpha value is -3.50. The molecular weight excluding hydrogens is 326 g/mol. The van der Waals surface area contributed by atoms with E-state index >= 15 is 0 Å². The van der Waals surface area contributed by atoms with Crippen molar-refractivity contribution in [2.45, 2.75) is 6.42 Å². The average Bonchev–Trinajstić information content (AvgIpc) is 2.69. The molecule has 3 aromatic rings. The summed E-state index contributed by atoms with van der Waals surface area (Å²) < 4.78 is 0. The third-order valence-corrected chi connectivity index (χ3v) is 3.66. The molecule has 0 aliphatic carbocycles. The lowest BCUT2D eigenvalue weighted by atomic mass is 10.2. The van der Waals surface area contributed by atoms with Crippen LogP contribution in [-0.4, -0.2) is 28.0 Å². The van der Waals surface area contributed by atoms with Gasteiger partial charge in [0.1, 0.15) is 5.82 Å². The molecule has 0 atom stereocenters. The lowest BCUT2D eigenvalue weighted by Gasteiger charge is -2.11. The van der Waals surface area contributed by atoms with Crippen LogP contribution in [0.4, 0.5) is 17.5 Å². The summed E-state index contributed by atoms with van der Waals surface area (Å²) in [5, 5.41) is 15.4. The van der Waals surface area contributed by atoms with E-state index in [-0.39, 0.29) is 0 Å². The zero-order chi connectivity index (χ0) is 18.2. The van der Waals surface area contributed by atoms with Crippen molar-refractivity contribution in [3.8, 4) is 17.3 Å². The van der Waals surface area contributed by atoms with E-state index in [1.54, 1.807) is 24.5 Å². The number of hydrogen-bond acceptors (Lipinski definition) is 7. The van der Waals surface area contributed by atoms with Crippen LogP contribution in [0.25, 0.3) is 11.3 Å². The minimum Gasteiger partial charge on any atom is -0.369 e. The molecule has 0 bridgehead atoms. The number of rotatable bonds is 7. The maximum Gasteiger partial charge on any atom is 0.227 e. The Morgan fingerprint density at radius 3 is 2.85 bits per heavy atom. The van der Waals surface area contributed by atoms with Crippen molar-refractivity contribution >= 4 is 17.5 Å². The Kier molecular flexibility index (Phi) is 5.70. The SMILES string of the molecule is N#Cc1cccc(Nc2nccc(-c3cccnc3NCCCN)n2)c1. The molecule has 0 saturated carbocycles. The number of hydrogen-bond donors (Lipinski definition) is 3. The quantitative estimate of drug-likeness (QED) is 0.564. The number of aromatic nitrogens is 3. The highest BCUT2D eigenvalue weighted by molar-refractivity contribution is 5.73. The molecule has 0 amide bonds. The topological polar surface area (TPSA) is 113 Å². The zero-order valence-corrected chi connectivity index (χ0v) is 14.2. The molecule has 26 heavy (non-hydrogen) atoms. The highest BCUT2D eigenvalue weighted by Gasteiger charge is 2.09. The van der Waals surface area contributed by atoms with Gasteiger partial charge in [-0.05, 0) is 49.4 Å². The van der Waals surface area contributed by atoms with Gasteiger partial charge in [-0.25, -0.2) is 15.0 Å². The van der Waals surface area contributed by atoms with Gasteiger partial charge in [-0.2, -0.15) is 5.26 Å². The Morgan fingerprint density at radius 1 is 1.08 bits per heavy atom. The van der Waals surface area contributed by atoms with E-state index < -0.39 is 0 Å². The number of nitrogens with one attached hydrogen (secondary N) is 2. The molecule has 0 fully saturated rings. The van der Waals surface area contributed by atoms with E-state index in [9.17, 15) is 0 Å². The van der Waals surface area contributed by atoms with Gasteiger partial charge in [-0.15, -0.1) is 0 Å². The lowest BCUT2D eigenvalue weighted by molar-refractivity contribution is 0.870. The molecule has 0 aliphatic rings. The number of pyridine rings is 1. The Bertz CT molecular complexity index is 918. The molecule has 0 spiro atoms. The zero-order valence-electron chi connectivity index (χ0n) is 14.2. The first-order chi connectivity index (χ1) is 12.8. The Labute approximate surface area is 151 Å². The summed E-state index contributed by atoms with van der Waals surface area (Å²) >= 11 is 0. The summed E-state index contributed by atoms with van der Waals surface area (Å²) in [6, 6.07) is 14.9. The minimum absolute atomic E-state index is 0.453. The first-order valence-electron chi connectivity index (χ1n) is 8.29. The predicted molar refractivity (Wildman–Crippen MR) is 102 cm³/mol. The molecule has 0 unspecified atom stereocenters. The van der Waals surface area contributed by atoms with Crippen molar-refractivity contribution in [1.82, 2.24) is 15.0 Å². The molecule has 0 aliphatic heterocycles. The molecule has 130 valence electrons. The molecule has 2 aromatic heterocycles. The van der Waals surface area contributed by atoms with E-state index in [0.29, 0.717) is 18.1 Å². The number of nitrogens with zero attached hydrogens (tertiary/aromatic N) is 4. The van der Waals surface area contributed by atoms with E-state index in [0.717, 1.165) is 35.7 Å². The van der Waals surface area contributed by atoms with Crippen molar-refractivity contribution in [3.63, 3.8) is 0 Å². The molecule has 3 rings (SSSR count). The fraction of sp³-hybridized carbons (Fsp3) is 0.158. The number of anilines is 3. The van der Waals surface area contributed by atoms with Gasteiger partial charge in [0.25, 0.3) is 0 Å². The highest BCUT2D eigenvalue weighted by Crippen LogP contribution is 2.25. The summed E-state index contributed by atoms with van der Waals surface area (Å²) in [5.41, 5.74) is 8.52. The average molecular weight is 345 g/mol. The highest BCUT2D eigenvalue weighted by atomic mass is 15.1. The Balaban J connectivity index is 1.84. The van der Waals surface area contributed by atoms with Gasteiger partial charge in [0.2, 0.25) is 5.95 Å². The molecule has 0 radical (unpaired) electrons. The van der Waals surface area contributed by atoms with Crippen LogP contribution in [0, 0.1) is 11.3 Å². The lowest BCUT2D eigenvalue weighted by Crippen LogP contribution is -2.10. The van der Waals surface area contributed by atoms with Gasteiger partial charge in [-0.1, -0.05) is 6.07 Å². The first-order valence-corrected chi connectivity index (χ1v) is 8.29. The summed E-state index contributed by atoms with van der Waals surface area (Å²) in [6.07, 6.45) is 4.29. The van der Waals surface area contributed by atoms with Crippen molar-refractivity contribution in [1.29, 1.82) is 5.26 Å². The van der Waals surface area contributed by atoms with Crippen LogP contribution in [0.1, 0.15) is 12.0 Å². The number of benzene rings is 1. The molecule has 0 saturated heterocycles. The van der Waals surface area contributed by atoms with E-state index in [1.807, 2.05) is 30.3 Å². The van der Waals surface area contributed by atoms with Crippen LogP contribution < -0.4 is 16.4 Å². The maximum atomic E-state index is 9.01. The third-order valence-electron chi connectivity index (χ3n) is 3.66. The fourth-order valence-corrected chi connectivity index (χ4v) is 2.43. The van der Waals surface area contributed by atoms with E-state index in [1.165, 1.54) is 0 Å². The van der Waals surface area contributed by atoms with Gasteiger partial charge < -0.3 is 16.4 Å². The van der Waals surface area contributed by atoms with Crippen LogP contribution in [-0.2, 0) is 0 Å². The largest absolute Gasteiger partial charge is 0.369 e. The van der Waals surface area contributed by atoms with Gasteiger partial charge in [0.15, 0.2) is 0 Å². The van der Waals surface area contributed by atoms with E-state index in [4.69, 9.17) is 11.0 Å². The van der Waals surface area contributed by atoms with E-state index in [2.05, 4.69) is 31.7 Å². The molecule has 7 heteroatoms. The molecular formula is C19H19N7. The van der Waals surface area contributed by atoms with Crippen molar-refractivity contribution in [2.24, 2.45) is 5.73 Å². The van der Waals surface area contributed by atoms with Crippen molar-refractivity contribution < 1.29 is 0 Å². The second kappa shape index (κ2) is 8.55. The third kappa shape index (κ3) is 4.32. The van der Waals surface area contributed by atoms with Crippen molar-refractivity contribution in [3.05, 3.63) is 60.4 Å². The summed E-state index contributed by atoms with van der Waals surface area (Å²) in [5.74, 6) is 1.21. The second-order valence-corrected chi connectivity index (χ2v) is 5.55. The fourth-order valence-electron chi connectivity index (χ4n) is 2.43. The monoisotopic (exact) mass is 345 g/mol. The summed E-state index contributed by atoms with van der Waals surface area (Å²) in [6.45, 7) is 1.37. The number of nitrogens with two attached hydrogens (primary N) is 1. The normalized spacial score (nSPS) is 10.2. The van der Waals surface area contributed by atoms with Gasteiger partial charge in [0, 0.05) is 30.2 Å². The maximum absolute atomic E-state index is 9.01. The van der Waals surface area contributed by atoms with Gasteiger partial charge in [-0.3, -0.25) is 0 Å². The van der Waals surface area contributed by atoms with Gasteiger partial charge in [0.05, 0.1) is 17.3 Å². The summed E-state index contributed by atoms with van der Waals surface area (Å²) in [4.78, 5) is 13.2. The predicted octanol–water partition coefficient (Wildman–Crippen LogP) is 2.91. The van der Waals surface area contributed by atoms with Crippen LogP contribution in [0.2, 0.25) is 0 Å². The molecule has 4 N–H and O–H groups in total. The molecule has 7 nitrogen and oxygen atoms in total. The number of nitriles is 1. The van der Waals surface area contributed by atoms with Crippen LogP contribution in [0.3, 0.4) is 0 Å². The van der Waals surface area contributed by atoms with Gasteiger partial charge >= 0.3 is 0 Å². The van der Waals surface area contributed by atoms with Crippen LogP contribution in [0.5, 0.6) is 0 Å². The van der Waals surface area contributed by atoms with Crippen LogP contribution in [0.15, 0.2) is 54.9 Å². The molecule has 2 heterocycles. The minimum atomic E-state index is 0.453. The Morgan fingerprint density at radius 2 is 2.00 bits per heavy atom. The standard InChI is InChI=1S/C19H19N7/c20-8-3-10-23-18-16(6-2-9-22-18)17-7-11-24-19(26-17)25-15-5-1-4-14(12-15)13-21/h1-2,4-7,9,11-12H,3,8,10,20H2,(H,22,23)(H,24,25,26). The second-order valence-electron chi connectivity index (χ2n) is 5.55. The summed E-state index contributed by atoms with van der Waals surface area (Å²) in [7, 11) is 0. The molecule has 1 aromatic carbocycles. The first kappa shape index (κ1) is 17.3. The van der Waals surface area contributed by atoms with Crippen molar-refractivity contribution in [2.75, 3.05) is 23.7 Å². The smallest absolute Gasteiger partial charge is 0.227 e. The van der Waals surface area contributed by atoms with Crippen LogP contribution >= 0.6 is 0 Å².